The average molecular weight is 301 g/mol. The summed E-state index contributed by atoms with van der Waals surface area (Å²) in [7, 11) is 4.16. The first kappa shape index (κ1) is 15.0. The fourth-order valence-electron chi connectivity index (χ4n) is 3.60. The number of nitrogens with zero attached hydrogens (tertiary/aromatic N) is 3. The second-order valence-electron chi connectivity index (χ2n) is 6.45. The molecule has 1 saturated heterocycles. The minimum atomic E-state index is -0.690. The van der Waals surface area contributed by atoms with E-state index in [2.05, 4.69) is 22.6 Å². The number of carboxylic acids is 1. The lowest BCUT2D eigenvalue weighted by Crippen LogP contribution is -2.40. The molecule has 0 amide bonds. The van der Waals surface area contributed by atoms with Crippen molar-refractivity contribution in [1.29, 1.82) is 0 Å². The molecular formula is C17H23N3O2. The predicted molar refractivity (Wildman–Crippen MR) is 85.8 cm³/mol. The lowest BCUT2D eigenvalue weighted by Gasteiger charge is -2.36. The van der Waals surface area contributed by atoms with Gasteiger partial charge in [-0.15, -0.1) is 0 Å². The number of hydrogen-bond acceptors (Lipinski definition) is 3. The van der Waals surface area contributed by atoms with Crippen molar-refractivity contribution in [2.45, 2.75) is 19.3 Å². The van der Waals surface area contributed by atoms with Gasteiger partial charge in [-0.2, -0.15) is 0 Å². The zero-order chi connectivity index (χ0) is 15.7. The zero-order valence-electron chi connectivity index (χ0n) is 13.2. The number of likely N-dealkylation sites (tertiary alicyclic amines) is 1. The minimum Gasteiger partial charge on any atom is -0.481 e. The highest BCUT2D eigenvalue weighted by Crippen LogP contribution is 2.29. The van der Waals surface area contributed by atoms with Crippen LogP contribution >= 0.6 is 0 Å². The van der Waals surface area contributed by atoms with Crippen molar-refractivity contribution in [3.05, 3.63) is 30.1 Å². The molecule has 22 heavy (non-hydrogen) atoms. The number of benzene rings is 1. The van der Waals surface area contributed by atoms with Gasteiger partial charge < -0.3 is 14.6 Å². The number of rotatable bonds is 4. The molecule has 1 aromatic carbocycles. The largest absolute Gasteiger partial charge is 0.481 e. The van der Waals surface area contributed by atoms with Crippen molar-refractivity contribution in [3.8, 4) is 0 Å². The van der Waals surface area contributed by atoms with E-state index in [0.717, 1.165) is 42.8 Å². The highest BCUT2D eigenvalue weighted by molar-refractivity contribution is 5.75. The standard InChI is InChI=1S/C17H23N3O2/c1-19-8-7-12(10-17(21)22)13(11-19)9-16-18-14-5-3-4-6-15(14)20(16)2/h3-6,12-13H,7-11H2,1-2H3,(H,21,22). The van der Waals surface area contributed by atoms with E-state index >= 15 is 0 Å². The Morgan fingerprint density at radius 2 is 2.09 bits per heavy atom. The second-order valence-corrected chi connectivity index (χ2v) is 6.45. The summed E-state index contributed by atoms with van der Waals surface area (Å²) in [5, 5.41) is 9.15. The molecule has 0 radical (unpaired) electrons. The minimum absolute atomic E-state index is 0.244. The monoisotopic (exact) mass is 301 g/mol. The van der Waals surface area contributed by atoms with Crippen molar-refractivity contribution >= 4 is 17.0 Å². The van der Waals surface area contributed by atoms with Gasteiger partial charge >= 0.3 is 5.97 Å². The molecular weight excluding hydrogens is 278 g/mol. The van der Waals surface area contributed by atoms with Gasteiger partial charge in [0.15, 0.2) is 0 Å². The van der Waals surface area contributed by atoms with E-state index in [0.29, 0.717) is 5.92 Å². The van der Waals surface area contributed by atoms with Crippen LogP contribution in [0.5, 0.6) is 0 Å². The Balaban J connectivity index is 1.84. The Morgan fingerprint density at radius 3 is 2.82 bits per heavy atom. The molecule has 1 N–H and O–H groups in total. The second kappa shape index (κ2) is 6.08. The van der Waals surface area contributed by atoms with Gasteiger partial charge in [-0.1, -0.05) is 12.1 Å². The topological polar surface area (TPSA) is 58.4 Å². The molecule has 1 aliphatic heterocycles. The Kier molecular flexibility index (Phi) is 4.16. The molecule has 5 nitrogen and oxygen atoms in total. The van der Waals surface area contributed by atoms with Crippen molar-refractivity contribution in [1.82, 2.24) is 14.5 Å². The number of aryl methyl sites for hydroxylation is 1. The van der Waals surface area contributed by atoms with Crippen molar-refractivity contribution in [2.24, 2.45) is 18.9 Å². The molecule has 2 atom stereocenters. The van der Waals surface area contributed by atoms with E-state index in [-0.39, 0.29) is 12.3 Å². The summed E-state index contributed by atoms with van der Waals surface area (Å²) < 4.78 is 2.14. The third-order valence-electron chi connectivity index (χ3n) is 4.86. The summed E-state index contributed by atoms with van der Waals surface area (Å²) >= 11 is 0. The van der Waals surface area contributed by atoms with Gasteiger partial charge in [-0.05, 0) is 44.0 Å². The van der Waals surface area contributed by atoms with E-state index in [1.165, 1.54) is 0 Å². The van der Waals surface area contributed by atoms with Crippen LogP contribution in [0.25, 0.3) is 11.0 Å². The van der Waals surface area contributed by atoms with Crippen molar-refractivity contribution in [2.75, 3.05) is 20.1 Å². The highest BCUT2D eigenvalue weighted by atomic mass is 16.4. The van der Waals surface area contributed by atoms with Crippen LogP contribution in [0.3, 0.4) is 0 Å². The molecule has 1 aromatic heterocycles. The summed E-state index contributed by atoms with van der Waals surface area (Å²) in [4.78, 5) is 18.2. The van der Waals surface area contributed by atoms with Crippen LogP contribution < -0.4 is 0 Å². The smallest absolute Gasteiger partial charge is 0.303 e. The molecule has 2 aromatic rings. The Bertz CT molecular complexity index is 680. The lowest BCUT2D eigenvalue weighted by molar-refractivity contribution is -0.139. The quantitative estimate of drug-likeness (QED) is 0.940. The summed E-state index contributed by atoms with van der Waals surface area (Å²) in [5.74, 6) is 0.959. The molecule has 2 heterocycles. The molecule has 3 rings (SSSR count). The SMILES string of the molecule is CN1CCC(CC(=O)O)C(Cc2nc3ccccc3n2C)C1. The molecule has 0 bridgehead atoms. The number of hydrogen-bond donors (Lipinski definition) is 1. The first-order valence-electron chi connectivity index (χ1n) is 7.85. The van der Waals surface area contributed by atoms with Gasteiger partial charge in [0.2, 0.25) is 0 Å². The number of imidazole rings is 1. The molecule has 118 valence electrons. The van der Waals surface area contributed by atoms with Gasteiger partial charge in [-0.3, -0.25) is 4.79 Å². The number of carboxylic acid groups (broad SMARTS) is 1. The summed E-state index contributed by atoms with van der Waals surface area (Å²) in [5.41, 5.74) is 2.15. The predicted octanol–water partition coefficient (Wildman–Crippen LogP) is 2.16. The molecule has 0 aliphatic carbocycles. The lowest BCUT2D eigenvalue weighted by atomic mass is 9.81. The van der Waals surface area contributed by atoms with Crippen LogP contribution in [0.2, 0.25) is 0 Å². The molecule has 5 heteroatoms. The third-order valence-corrected chi connectivity index (χ3v) is 4.86. The highest BCUT2D eigenvalue weighted by Gasteiger charge is 2.30. The van der Waals surface area contributed by atoms with Gasteiger partial charge in [0.1, 0.15) is 5.82 Å². The first-order valence-corrected chi connectivity index (χ1v) is 7.85. The maximum atomic E-state index is 11.1. The summed E-state index contributed by atoms with van der Waals surface area (Å²) in [6, 6.07) is 8.13. The fraction of sp³-hybridized carbons (Fsp3) is 0.529. The number of piperidine rings is 1. The zero-order valence-corrected chi connectivity index (χ0v) is 13.2. The van der Waals surface area contributed by atoms with Crippen molar-refractivity contribution < 1.29 is 9.90 Å². The van der Waals surface area contributed by atoms with E-state index < -0.39 is 5.97 Å². The number of para-hydroxylation sites is 2. The van der Waals surface area contributed by atoms with Gasteiger partial charge in [0.25, 0.3) is 0 Å². The average Bonchev–Trinajstić information content (AvgIpc) is 2.79. The summed E-state index contributed by atoms with van der Waals surface area (Å²) in [6.45, 7) is 1.93. The van der Waals surface area contributed by atoms with Crippen LogP contribution in [-0.4, -0.2) is 45.7 Å². The fourth-order valence-corrected chi connectivity index (χ4v) is 3.60. The van der Waals surface area contributed by atoms with Gasteiger partial charge in [0.05, 0.1) is 11.0 Å². The molecule has 2 unspecified atom stereocenters. The molecule has 0 saturated carbocycles. The molecule has 0 spiro atoms. The number of carbonyl (C=O) groups is 1. The molecule has 1 aliphatic rings. The maximum Gasteiger partial charge on any atom is 0.303 e. The van der Waals surface area contributed by atoms with Crippen molar-refractivity contribution in [3.63, 3.8) is 0 Å². The number of aliphatic carboxylic acids is 1. The Hall–Kier alpha value is -1.88. The third kappa shape index (κ3) is 2.99. The summed E-state index contributed by atoms with van der Waals surface area (Å²) in [6.07, 6.45) is 2.06. The van der Waals surface area contributed by atoms with E-state index in [1.807, 2.05) is 25.2 Å². The van der Waals surface area contributed by atoms with E-state index in [1.54, 1.807) is 0 Å². The number of aromatic nitrogens is 2. The van der Waals surface area contributed by atoms with Crippen LogP contribution in [0.15, 0.2) is 24.3 Å². The van der Waals surface area contributed by atoms with Gasteiger partial charge in [-0.25, -0.2) is 4.98 Å². The Labute approximate surface area is 130 Å². The molecule has 1 fully saturated rings. The maximum absolute atomic E-state index is 11.1. The Morgan fingerprint density at radius 1 is 1.32 bits per heavy atom. The van der Waals surface area contributed by atoms with Gasteiger partial charge in [0, 0.05) is 26.4 Å². The van der Waals surface area contributed by atoms with E-state index in [9.17, 15) is 4.79 Å². The van der Waals surface area contributed by atoms with Crippen LogP contribution in [-0.2, 0) is 18.3 Å². The normalized spacial score (nSPS) is 23.0. The van der Waals surface area contributed by atoms with Crippen LogP contribution in [0.4, 0.5) is 0 Å². The first-order chi connectivity index (χ1) is 10.5. The van der Waals surface area contributed by atoms with E-state index in [4.69, 9.17) is 10.1 Å². The number of fused-ring (bicyclic) bond motifs is 1. The van der Waals surface area contributed by atoms with Crippen LogP contribution in [0, 0.1) is 11.8 Å². The van der Waals surface area contributed by atoms with Crippen LogP contribution in [0.1, 0.15) is 18.7 Å².